The van der Waals surface area contributed by atoms with E-state index in [0.717, 1.165) is 0 Å². The largest absolute Gasteiger partial charge is 0.493 e. The number of nitrogens with one attached hydrogen (secondary N) is 2. The van der Waals surface area contributed by atoms with Gasteiger partial charge < -0.3 is 19.5 Å². The number of rotatable bonds is 10. The lowest BCUT2D eigenvalue weighted by Gasteiger charge is -2.15. The van der Waals surface area contributed by atoms with E-state index in [1.54, 1.807) is 7.11 Å². The number of benzene rings is 1. The summed E-state index contributed by atoms with van der Waals surface area (Å²) < 4.78 is 42.1. The van der Waals surface area contributed by atoms with E-state index in [-0.39, 0.29) is 10.6 Å². The molecule has 24 heavy (non-hydrogen) atoms. The van der Waals surface area contributed by atoms with Crippen LogP contribution in [0.4, 0.5) is 0 Å². The number of hydrogen-bond acceptors (Lipinski definition) is 6. The molecular formula is C15H24N2O6S. The first-order valence-electron chi connectivity index (χ1n) is 7.36. The van der Waals surface area contributed by atoms with Crippen molar-refractivity contribution < 1.29 is 27.4 Å². The van der Waals surface area contributed by atoms with Gasteiger partial charge in [0.05, 0.1) is 25.2 Å². The maximum atomic E-state index is 12.4. The minimum Gasteiger partial charge on any atom is -0.493 e. The molecule has 1 aromatic rings. The second kappa shape index (κ2) is 9.45. The molecule has 0 saturated carbocycles. The lowest BCUT2D eigenvalue weighted by Crippen LogP contribution is -2.45. The van der Waals surface area contributed by atoms with Gasteiger partial charge in [0.15, 0.2) is 11.5 Å². The average molecular weight is 360 g/mol. The first kappa shape index (κ1) is 20.2. The Morgan fingerprint density at radius 3 is 2.42 bits per heavy atom. The van der Waals surface area contributed by atoms with E-state index in [9.17, 15) is 13.2 Å². The van der Waals surface area contributed by atoms with Gasteiger partial charge in [-0.2, -0.15) is 4.72 Å². The number of amides is 1. The molecule has 0 aliphatic rings. The highest BCUT2D eigenvalue weighted by Crippen LogP contribution is 2.29. The SMILES string of the molecule is COCCCNC(=O)[C@H](C)NS(=O)(=O)c1ccc(OC)c(OC)c1. The number of methoxy groups -OCH3 is 3. The molecule has 2 N–H and O–H groups in total. The van der Waals surface area contributed by atoms with Gasteiger partial charge in [0, 0.05) is 26.3 Å². The van der Waals surface area contributed by atoms with Gasteiger partial charge in [-0.3, -0.25) is 4.79 Å². The number of sulfonamides is 1. The zero-order valence-electron chi connectivity index (χ0n) is 14.3. The Morgan fingerprint density at radius 2 is 1.83 bits per heavy atom. The van der Waals surface area contributed by atoms with Crippen LogP contribution in [0.15, 0.2) is 23.1 Å². The second-order valence-electron chi connectivity index (χ2n) is 5.00. The normalized spacial score (nSPS) is 12.5. The van der Waals surface area contributed by atoms with Crippen molar-refractivity contribution in [2.24, 2.45) is 0 Å². The smallest absolute Gasteiger partial charge is 0.241 e. The molecule has 1 amide bonds. The lowest BCUT2D eigenvalue weighted by atomic mass is 10.3. The van der Waals surface area contributed by atoms with Crippen molar-refractivity contribution in [3.8, 4) is 11.5 Å². The topological polar surface area (TPSA) is 103 Å². The summed E-state index contributed by atoms with van der Waals surface area (Å²) in [5, 5.41) is 2.64. The summed E-state index contributed by atoms with van der Waals surface area (Å²) in [7, 11) is 0.576. The summed E-state index contributed by atoms with van der Waals surface area (Å²) >= 11 is 0. The molecule has 8 nitrogen and oxygen atoms in total. The van der Waals surface area contributed by atoms with Crippen molar-refractivity contribution in [2.45, 2.75) is 24.3 Å². The molecule has 0 heterocycles. The maximum absolute atomic E-state index is 12.4. The highest BCUT2D eigenvalue weighted by molar-refractivity contribution is 7.89. The molecule has 0 unspecified atom stereocenters. The molecule has 1 atom stereocenters. The Bertz CT molecular complexity index is 647. The average Bonchev–Trinajstić information content (AvgIpc) is 2.57. The number of carbonyl (C=O) groups excluding carboxylic acids is 1. The third-order valence-electron chi connectivity index (χ3n) is 3.21. The molecule has 0 spiro atoms. The van der Waals surface area contributed by atoms with Crippen molar-refractivity contribution >= 4 is 15.9 Å². The predicted octanol–water partition coefficient (Wildman–Crippen LogP) is 0.523. The van der Waals surface area contributed by atoms with Crippen molar-refractivity contribution in [1.82, 2.24) is 10.0 Å². The third kappa shape index (κ3) is 5.66. The van der Waals surface area contributed by atoms with Gasteiger partial charge in [0.1, 0.15) is 0 Å². The quantitative estimate of drug-likeness (QED) is 0.590. The number of carbonyl (C=O) groups is 1. The minimum absolute atomic E-state index is 0.0146. The molecule has 0 aliphatic heterocycles. The molecule has 9 heteroatoms. The van der Waals surface area contributed by atoms with Crippen LogP contribution >= 0.6 is 0 Å². The molecule has 0 aromatic heterocycles. The van der Waals surface area contributed by atoms with Crippen molar-refractivity contribution in [1.29, 1.82) is 0 Å². The Balaban J connectivity index is 2.76. The first-order chi connectivity index (χ1) is 11.4. The van der Waals surface area contributed by atoms with E-state index in [2.05, 4.69) is 10.0 Å². The predicted molar refractivity (Wildman–Crippen MR) is 88.8 cm³/mol. The van der Waals surface area contributed by atoms with Gasteiger partial charge in [0.2, 0.25) is 15.9 Å². The van der Waals surface area contributed by atoms with E-state index < -0.39 is 22.0 Å². The van der Waals surface area contributed by atoms with E-state index in [1.807, 2.05) is 0 Å². The fourth-order valence-electron chi connectivity index (χ4n) is 1.92. The van der Waals surface area contributed by atoms with Crippen LogP contribution in [0.25, 0.3) is 0 Å². The van der Waals surface area contributed by atoms with Crippen LogP contribution in [0.1, 0.15) is 13.3 Å². The summed E-state index contributed by atoms with van der Waals surface area (Å²) in [6.45, 7) is 2.41. The standard InChI is InChI=1S/C15H24N2O6S/c1-11(15(18)16-8-5-9-21-2)17-24(19,20)12-6-7-13(22-3)14(10-12)23-4/h6-7,10-11,17H,5,8-9H2,1-4H3,(H,16,18)/t11-/m0/s1. The van der Waals surface area contributed by atoms with Gasteiger partial charge in [-0.1, -0.05) is 0 Å². The van der Waals surface area contributed by atoms with E-state index >= 15 is 0 Å². The molecule has 0 saturated heterocycles. The Labute approximate surface area is 142 Å². The fraction of sp³-hybridized carbons (Fsp3) is 0.533. The van der Waals surface area contributed by atoms with Gasteiger partial charge >= 0.3 is 0 Å². The van der Waals surface area contributed by atoms with E-state index in [1.165, 1.54) is 39.3 Å². The van der Waals surface area contributed by atoms with Crippen molar-refractivity contribution in [3.63, 3.8) is 0 Å². The van der Waals surface area contributed by atoms with Crippen LogP contribution < -0.4 is 19.5 Å². The zero-order valence-corrected chi connectivity index (χ0v) is 15.1. The van der Waals surface area contributed by atoms with Gasteiger partial charge in [0.25, 0.3) is 0 Å². The second-order valence-corrected chi connectivity index (χ2v) is 6.71. The Morgan fingerprint density at radius 1 is 1.17 bits per heavy atom. The summed E-state index contributed by atoms with van der Waals surface area (Å²) in [5.74, 6) is 0.299. The van der Waals surface area contributed by atoms with Crippen LogP contribution in [0.5, 0.6) is 11.5 Å². The molecule has 0 bridgehead atoms. The number of hydrogen-bond donors (Lipinski definition) is 2. The molecule has 0 fully saturated rings. The zero-order chi connectivity index (χ0) is 18.2. The minimum atomic E-state index is -3.87. The summed E-state index contributed by atoms with van der Waals surface area (Å²) in [4.78, 5) is 11.9. The molecule has 0 aliphatic carbocycles. The Kier molecular flexibility index (Phi) is 7.96. The van der Waals surface area contributed by atoms with Gasteiger partial charge in [-0.25, -0.2) is 8.42 Å². The lowest BCUT2D eigenvalue weighted by molar-refractivity contribution is -0.122. The van der Waals surface area contributed by atoms with E-state index in [4.69, 9.17) is 14.2 Å². The van der Waals surface area contributed by atoms with Crippen molar-refractivity contribution in [2.75, 3.05) is 34.5 Å². The highest BCUT2D eigenvalue weighted by atomic mass is 32.2. The maximum Gasteiger partial charge on any atom is 0.241 e. The molecule has 0 radical (unpaired) electrons. The van der Waals surface area contributed by atoms with Gasteiger partial charge in [-0.05, 0) is 25.5 Å². The first-order valence-corrected chi connectivity index (χ1v) is 8.85. The molecule has 1 rings (SSSR count). The summed E-state index contributed by atoms with van der Waals surface area (Å²) in [6, 6.07) is 3.30. The highest BCUT2D eigenvalue weighted by Gasteiger charge is 2.23. The molecular weight excluding hydrogens is 336 g/mol. The van der Waals surface area contributed by atoms with Crippen molar-refractivity contribution in [3.05, 3.63) is 18.2 Å². The fourth-order valence-corrected chi connectivity index (χ4v) is 3.14. The van der Waals surface area contributed by atoms with Crippen LogP contribution in [-0.2, 0) is 19.6 Å². The molecule has 136 valence electrons. The van der Waals surface area contributed by atoms with Crippen LogP contribution in [0.3, 0.4) is 0 Å². The van der Waals surface area contributed by atoms with Gasteiger partial charge in [-0.15, -0.1) is 0 Å². The monoisotopic (exact) mass is 360 g/mol. The van der Waals surface area contributed by atoms with Crippen LogP contribution in [0, 0.1) is 0 Å². The Hall–Kier alpha value is -1.84. The third-order valence-corrected chi connectivity index (χ3v) is 4.75. The van der Waals surface area contributed by atoms with Crippen LogP contribution in [-0.4, -0.2) is 54.8 Å². The summed E-state index contributed by atoms with van der Waals surface area (Å²) in [5.41, 5.74) is 0. The number of ether oxygens (including phenoxy) is 3. The molecule has 1 aromatic carbocycles. The van der Waals surface area contributed by atoms with Crippen LogP contribution in [0.2, 0.25) is 0 Å². The van der Waals surface area contributed by atoms with E-state index in [0.29, 0.717) is 25.3 Å². The summed E-state index contributed by atoms with van der Waals surface area (Å²) in [6.07, 6.45) is 0.650.